The number of nitrogens with zero attached hydrogens (tertiary/aromatic N) is 3. The number of hydrogen-bond acceptors (Lipinski definition) is 5. The number of nitrogens with one attached hydrogen (secondary N) is 1. The molecule has 0 unspecified atom stereocenters. The fourth-order valence-electron chi connectivity index (χ4n) is 1.72. The Balaban J connectivity index is 2.16. The lowest BCUT2D eigenvalue weighted by Crippen LogP contribution is -2.40. The van der Waals surface area contributed by atoms with Crippen LogP contribution in [0, 0.1) is 0 Å². The van der Waals surface area contributed by atoms with E-state index in [1.165, 1.54) is 20.0 Å². The summed E-state index contributed by atoms with van der Waals surface area (Å²) in [4.78, 5) is 16.9. The molecule has 0 aromatic carbocycles. The largest absolute Gasteiger partial charge is 0.416 e. The summed E-state index contributed by atoms with van der Waals surface area (Å²) in [6.07, 6.45) is -1.90. The Kier molecular flexibility index (Phi) is 4.45. The van der Waals surface area contributed by atoms with Crippen LogP contribution in [0.15, 0.2) is 24.5 Å². The molecule has 2 heterocycles. The summed E-state index contributed by atoms with van der Waals surface area (Å²) in [6, 6.07) is 1.77. The van der Waals surface area contributed by atoms with Crippen molar-refractivity contribution in [3.8, 4) is 0 Å². The number of hydrogen-bond donors (Lipinski definition) is 1. The van der Waals surface area contributed by atoms with Gasteiger partial charge in [-0.3, -0.25) is 9.78 Å². The molecule has 22 heavy (non-hydrogen) atoms. The van der Waals surface area contributed by atoms with Gasteiger partial charge in [-0.2, -0.15) is 13.2 Å². The molecule has 118 valence electrons. The van der Waals surface area contributed by atoms with Gasteiger partial charge in [-0.1, -0.05) is 4.49 Å². The van der Waals surface area contributed by atoms with E-state index in [0.29, 0.717) is 0 Å². The zero-order valence-corrected chi connectivity index (χ0v) is 12.6. The Bertz CT molecular complexity index is 656. The molecule has 0 spiro atoms. The van der Waals surface area contributed by atoms with Gasteiger partial charge in [0, 0.05) is 6.20 Å². The van der Waals surface area contributed by atoms with Crippen molar-refractivity contribution in [2.75, 3.05) is 0 Å². The average molecular weight is 330 g/mol. The van der Waals surface area contributed by atoms with E-state index in [1.807, 2.05) is 0 Å². The molecule has 2 aromatic rings. The fourth-order valence-corrected chi connectivity index (χ4v) is 2.15. The smallest absolute Gasteiger partial charge is 0.350 e. The van der Waals surface area contributed by atoms with Crippen LogP contribution in [0.5, 0.6) is 0 Å². The van der Waals surface area contributed by atoms with Crippen molar-refractivity contribution in [2.24, 2.45) is 0 Å². The van der Waals surface area contributed by atoms with Crippen LogP contribution in [0.3, 0.4) is 0 Å². The van der Waals surface area contributed by atoms with E-state index in [-0.39, 0.29) is 12.2 Å². The number of halogens is 3. The van der Waals surface area contributed by atoms with Crippen molar-refractivity contribution < 1.29 is 18.0 Å². The van der Waals surface area contributed by atoms with Crippen molar-refractivity contribution >= 4 is 17.4 Å². The second kappa shape index (κ2) is 5.99. The fraction of sp³-hybridized carbons (Fsp3) is 0.385. The molecular weight excluding hydrogens is 317 g/mol. The summed E-state index contributed by atoms with van der Waals surface area (Å²) in [7, 11) is 0. The molecule has 0 aliphatic carbocycles. The molecule has 0 aliphatic rings. The lowest BCUT2D eigenvalue weighted by Gasteiger charge is -2.23. The monoisotopic (exact) mass is 330 g/mol. The molecule has 0 saturated heterocycles. The van der Waals surface area contributed by atoms with E-state index in [9.17, 15) is 18.0 Å². The Morgan fingerprint density at radius 3 is 2.68 bits per heavy atom. The Hall–Kier alpha value is -2.03. The van der Waals surface area contributed by atoms with E-state index in [0.717, 1.165) is 34.7 Å². The topological polar surface area (TPSA) is 67.8 Å². The van der Waals surface area contributed by atoms with Gasteiger partial charge in [-0.05, 0) is 37.5 Å². The van der Waals surface area contributed by atoms with Gasteiger partial charge in [0.05, 0.1) is 34.3 Å². The standard InChI is InChI=1S/C13H13F3N4OS/c1-12(2,11(21)18-6-9-7-19-20-22-9)10-5-8(3-4-17-10)13(14,15)16/h3-5,7H,6H2,1-2H3,(H,18,21). The molecule has 0 atom stereocenters. The maximum absolute atomic E-state index is 12.8. The summed E-state index contributed by atoms with van der Waals surface area (Å²) < 4.78 is 41.9. The highest BCUT2D eigenvalue weighted by atomic mass is 32.1. The van der Waals surface area contributed by atoms with E-state index >= 15 is 0 Å². The predicted octanol–water partition coefficient (Wildman–Crippen LogP) is 2.55. The first-order valence-electron chi connectivity index (χ1n) is 6.29. The van der Waals surface area contributed by atoms with Crippen LogP contribution >= 0.6 is 11.5 Å². The molecular formula is C13H13F3N4OS. The minimum absolute atomic E-state index is 0.0576. The van der Waals surface area contributed by atoms with Crippen LogP contribution in [0.25, 0.3) is 0 Å². The van der Waals surface area contributed by atoms with E-state index in [2.05, 4.69) is 19.9 Å². The van der Waals surface area contributed by atoms with Gasteiger partial charge in [0.1, 0.15) is 0 Å². The van der Waals surface area contributed by atoms with Crippen LogP contribution in [0.2, 0.25) is 0 Å². The third-order valence-corrected chi connectivity index (χ3v) is 3.79. The SMILES string of the molecule is CC(C)(C(=O)NCc1cnns1)c1cc(C(F)(F)F)ccn1. The van der Waals surface area contributed by atoms with Gasteiger partial charge in [0.25, 0.3) is 0 Å². The maximum atomic E-state index is 12.8. The summed E-state index contributed by atoms with van der Waals surface area (Å²) >= 11 is 1.14. The molecule has 5 nitrogen and oxygen atoms in total. The highest BCUT2D eigenvalue weighted by molar-refractivity contribution is 7.05. The average Bonchev–Trinajstić information content (AvgIpc) is 2.97. The van der Waals surface area contributed by atoms with Gasteiger partial charge < -0.3 is 5.32 Å². The van der Waals surface area contributed by atoms with Crippen molar-refractivity contribution in [3.05, 3.63) is 40.7 Å². The van der Waals surface area contributed by atoms with Gasteiger partial charge in [-0.15, -0.1) is 5.10 Å². The van der Waals surface area contributed by atoms with Gasteiger partial charge in [-0.25, -0.2) is 0 Å². The third kappa shape index (κ3) is 3.59. The Morgan fingerprint density at radius 2 is 2.09 bits per heavy atom. The normalized spacial score (nSPS) is 12.2. The number of rotatable bonds is 4. The first-order valence-corrected chi connectivity index (χ1v) is 7.07. The highest BCUT2D eigenvalue weighted by Crippen LogP contribution is 2.31. The molecule has 0 fully saturated rings. The molecule has 0 radical (unpaired) electrons. The van der Waals surface area contributed by atoms with Crippen molar-refractivity contribution in [1.29, 1.82) is 0 Å². The molecule has 0 aliphatic heterocycles. The van der Waals surface area contributed by atoms with Crippen LogP contribution in [-0.4, -0.2) is 20.5 Å². The third-order valence-electron chi connectivity index (χ3n) is 3.13. The van der Waals surface area contributed by atoms with Crippen molar-refractivity contribution in [1.82, 2.24) is 19.9 Å². The Morgan fingerprint density at radius 1 is 1.36 bits per heavy atom. The van der Waals surface area contributed by atoms with E-state index < -0.39 is 23.1 Å². The number of carbonyl (C=O) groups excluding carboxylic acids is 1. The van der Waals surface area contributed by atoms with Gasteiger partial charge in [0.15, 0.2) is 0 Å². The lowest BCUT2D eigenvalue weighted by molar-refractivity contribution is -0.138. The maximum Gasteiger partial charge on any atom is 0.416 e. The first kappa shape index (κ1) is 16.3. The number of amides is 1. The number of carbonyl (C=O) groups is 1. The summed E-state index contributed by atoms with van der Waals surface area (Å²) in [5.41, 5.74) is -1.97. The van der Waals surface area contributed by atoms with Crippen LogP contribution in [-0.2, 0) is 22.9 Å². The number of alkyl halides is 3. The molecule has 1 amide bonds. The molecule has 1 N–H and O–H groups in total. The van der Waals surface area contributed by atoms with E-state index in [1.54, 1.807) is 0 Å². The summed E-state index contributed by atoms with van der Waals surface area (Å²) in [5, 5.41) is 6.29. The molecule has 2 aromatic heterocycles. The lowest BCUT2D eigenvalue weighted by atomic mass is 9.87. The van der Waals surface area contributed by atoms with Crippen LogP contribution < -0.4 is 5.32 Å². The van der Waals surface area contributed by atoms with E-state index in [4.69, 9.17) is 0 Å². The quantitative estimate of drug-likeness (QED) is 0.935. The minimum Gasteiger partial charge on any atom is -0.350 e. The summed E-state index contributed by atoms with van der Waals surface area (Å²) in [5.74, 6) is -0.423. The molecule has 0 bridgehead atoms. The summed E-state index contributed by atoms with van der Waals surface area (Å²) in [6.45, 7) is 3.27. The molecule has 9 heteroatoms. The zero-order valence-electron chi connectivity index (χ0n) is 11.8. The first-order chi connectivity index (χ1) is 10.2. The van der Waals surface area contributed by atoms with Crippen molar-refractivity contribution in [2.45, 2.75) is 32.0 Å². The number of aromatic nitrogens is 3. The molecule has 2 rings (SSSR count). The molecule has 0 saturated carbocycles. The van der Waals surface area contributed by atoms with Gasteiger partial charge in [0.2, 0.25) is 5.91 Å². The van der Waals surface area contributed by atoms with Crippen LogP contribution in [0.1, 0.15) is 30.0 Å². The second-order valence-electron chi connectivity index (χ2n) is 5.12. The minimum atomic E-state index is -4.47. The predicted molar refractivity (Wildman–Crippen MR) is 74.0 cm³/mol. The van der Waals surface area contributed by atoms with Gasteiger partial charge >= 0.3 is 6.18 Å². The Labute approximate surface area is 128 Å². The second-order valence-corrected chi connectivity index (χ2v) is 5.99. The zero-order chi connectivity index (χ0) is 16.4. The van der Waals surface area contributed by atoms with Crippen LogP contribution in [0.4, 0.5) is 13.2 Å². The van der Waals surface area contributed by atoms with Crippen molar-refractivity contribution in [3.63, 3.8) is 0 Å². The number of pyridine rings is 1. The highest BCUT2D eigenvalue weighted by Gasteiger charge is 2.35.